The third kappa shape index (κ3) is 4.05. The van der Waals surface area contributed by atoms with Crippen LogP contribution in [-0.4, -0.2) is 20.7 Å². The highest BCUT2D eigenvalue weighted by Crippen LogP contribution is 2.29. The summed E-state index contributed by atoms with van der Waals surface area (Å²) in [4.78, 5) is 31.1. The number of benzene rings is 2. The molecule has 0 bridgehead atoms. The molecule has 2 aromatic carbocycles. The van der Waals surface area contributed by atoms with Gasteiger partial charge < -0.3 is 5.32 Å². The number of hydrogen-bond donors (Lipinski definition) is 1. The van der Waals surface area contributed by atoms with E-state index in [1.807, 2.05) is 44.2 Å². The molecule has 6 nitrogen and oxygen atoms in total. The predicted molar refractivity (Wildman–Crippen MR) is 130 cm³/mol. The summed E-state index contributed by atoms with van der Waals surface area (Å²) in [6.45, 7) is 5.72. The number of fused-ring (bicyclic) bond motifs is 1. The Hall–Kier alpha value is -3.41. The average molecular weight is 461 g/mol. The maximum Gasteiger partial charge on any atom is 0.266 e. The molecule has 1 atom stereocenters. The topological polar surface area (TPSA) is 87.8 Å². The van der Waals surface area contributed by atoms with Gasteiger partial charge in [-0.25, -0.2) is 4.98 Å². The highest BCUT2D eigenvalue weighted by Gasteiger charge is 2.22. The van der Waals surface area contributed by atoms with Gasteiger partial charge in [0.2, 0.25) is 5.91 Å². The Morgan fingerprint density at radius 2 is 1.97 bits per heavy atom. The Labute approximate surface area is 193 Å². The summed E-state index contributed by atoms with van der Waals surface area (Å²) >= 11 is 2.51. The van der Waals surface area contributed by atoms with E-state index in [-0.39, 0.29) is 11.5 Å². The third-order valence-electron chi connectivity index (χ3n) is 5.24. The molecule has 4 rings (SSSR count). The Bertz CT molecular complexity index is 1430. The van der Waals surface area contributed by atoms with Crippen LogP contribution in [0.1, 0.15) is 23.6 Å². The number of nitrogens with one attached hydrogen (secondary N) is 1. The molecule has 0 aliphatic heterocycles. The molecule has 2 heterocycles. The molecule has 4 aromatic rings. The zero-order valence-electron chi connectivity index (χ0n) is 17.7. The highest BCUT2D eigenvalue weighted by molar-refractivity contribution is 8.00. The minimum absolute atomic E-state index is 0.176. The maximum atomic E-state index is 13.5. The van der Waals surface area contributed by atoms with Crippen molar-refractivity contribution in [2.24, 2.45) is 0 Å². The van der Waals surface area contributed by atoms with Crippen molar-refractivity contribution in [3.63, 3.8) is 0 Å². The SMILES string of the molecule is Cc1cccc(-n2c(SC(C)C(=O)Nc3sccc3C#N)nc3ccccc3c2=O)c1C. The largest absolute Gasteiger partial charge is 0.316 e. The summed E-state index contributed by atoms with van der Waals surface area (Å²) in [5.74, 6) is -0.260. The van der Waals surface area contributed by atoms with Crippen LogP contribution < -0.4 is 10.9 Å². The van der Waals surface area contributed by atoms with E-state index in [4.69, 9.17) is 4.98 Å². The van der Waals surface area contributed by atoms with E-state index < -0.39 is 5.25 Å². The summed E-state index contributed by atoms with van der Waals surface area (Å²) in [5.41, 5.74) is 3.61. The number of thiophene rings is 1. The maximum absolute atomic E-state index is 13.5. The van der Waals surface area contributed by atoms with Crippen LogP contribution in [0.2, 0.25) is 0 Å². The lowest BCUT2D eigenvalue weighted by atomic mass is 10.1. The number of anilines is 1. The van der Waals surface area contributed by atoms with E-state index in [9.17, 15) is 14.9 Å². The van der Waals surface area contributed by atoms with Crippen molar-refractivity contribution in [2.75, 3.05) is 5.32 Å². The minimum atomic E-state index is -0.548. The fourth-order valence-corrected chi connectivity index (χ4v) is 4.96. The number of para-hydroxylation sites is 1. The first-order chi connectivity index (χ1) is 15.4. The number of carbonyl (C=O) groups is 1. The number of aromatic nitrogens is 2. The summed E-state index contributed by atoms with van der Waals surface area (Å²) < 4.78 is 1.59. The number of thioether (sulfide) groups is 1. The predicted octanol–water partition coefficient (Wildman–Crippen LogP) is 5.06. The van der Waals surface area contributed by atoms with Crippen molar-refractivity contribution in [1.29, 1.82) is 5.26 Å². The van der Waals surface area contributed by atoms with Gasteiger partial charge >= 0.3 is 0 Å². The molecule has 0 aliphatic rings. The van der Waals surface area contributed by atoms with E-state index >= 15 is 0 Å². The smallest absolute Gasteiger partial charge is 0.266 e. The number of rotatable bonds is 5. The summed E-state index contributed by atoms with van der Waals surface area (Å²) in [5, 5.41) is 14.7. The first kappa shape index (κ1) is 21.8. The van der Waals surface area contributed by atoms with Crippen molar-refractivity contribution in [1.82, 2.24) is 9.55 Å². The minimum Gasteiger partial charge on any atom is -0.316 e. The van der Waals surface area contributed by atoms with E-state index in [1.165, 1.54) is 23.1 Å². The van der Waals surface area contributed by atoms with Crippen LogP contribution in [0, 0.1) is 25.2 Å². The fraction of sp³-hybridized carbons (Fsp3) is 0.167. The molecule has 1 N–H and O–H groups in total. The lowest BCUT2D eigenvalue weighted by molar-refractivity contribution is -0.115. The number of amides is 1. The van der Waals surface area contributed by atoms with Crippen molar-refractivity contribution in [2.45, 2.75) is 31.2 Å². The lowest BCUT2D eigenvalue weighted by Gasteiger charge is -2.18. The van der Waals surface area contributed by atoms with Crippen LogP contribution in [0.5, 0.6) is 0 Å². The van der Waals surface area contributed by atoms with Gasteiger partial charge in [0.15, 0.2) is 5.16 Å². The van der Waals surface area contributed by atoms with Gasteiger partial charge in [-0.1, -0.05) is 36.0 Å². The van der Waals surface area contributed by atoms with Gasteiger partial charge in [0.05, 0.1) is 27.4 Å². The second-order valence-corrected chi connectivity index (χ2v) is 9.52. The van der Waals surface area contributed by atoms with Crippen molar-refractivity contribution >= 4 is 44.9 Å². The van der Waals surface area contributed by atoms with Gasteiger partial charge in [-0.05, 0) is 61.5 Å². The van der Waals surface area contributed by atoms with Crippen LogP contribution in [-0.2, 0) is 4.79 Å². The lowest BCUT2D eigenvalue weighted by Crippen LogP contribution is -2.26. The molecule has 0 saturated carbocycles. The summed E-state index contributed by atoms with van der Waals surface area (Å²) in [6.07, 6.45) is 0. The molecule has 160 valence electrons. The Morgan fingerprint density at radius 1 is 1.19 bits per heavy atom. The number of nitriles is 1. The van der Waals surface area contributed by atoms with Crippen LogP contribution in [0.25, 0.3) is 16.6 Å². The summed E-state index contributed by atoms with van der Waals surface area (Å²) in [7, 11) is 0. The number of carbonyl (C=O) groups excluding carboxylic acids is 1. The zero-order valence-corrected chi connectivity index (χ0v) is 19.4. The molecule has 0 aliphatic carbocycles. The molecule has 8 heteroatoms. The van der Waals surface area contributed by atoms with Crippen molar-refractivity contribution in [3.8, 4) is 11.8 Å². The van der Waals surface area contributed by atoms with Crippen LogP contribution in [0.3, 0.4) is 0 Å². The zero-order chi connectivity index (χ0) is 22.8. The molecular formula is C24H20N4O2S2. The Balaban J connectivity index is 1.78. The second kappa shape index (κ2) is 8.99. The van der Waals surface area contributed by atoms with E-state index in [2.05, 4.69) is 11.4 Å². The van der Waals surface area contributed by atoms with Gasteiger partial charge in [0, 0.05) is 0 Å². The molecule has 0 radical (unpaired) electrons. The van der Waals surface area contributed by atoms with Crippen molar-refractivity contribution < 1.29 is 4.79 Å². The van der Waals surface area contributed by atoms with Gasteiger partial charge in [-0.2, -0.15) is 5.26 Å². The van der Waals surface area contributed by atoms with Gasteiger partial charge in [-0.15, -0.1) is 11.3 Å². The highest BCUT2D eigenvalue weighted by atomic mass is 32.2. The Kier molecular flexibility index (Phi) is 6.12. The fourth-order valence-electron chi connectivity index (χ4n) is 3.30. The molecular weight excluding hydrogens is 440 g/mol. The second-order valence-electron chi connectivity index (χ2n) is 7.30. The first-order valence-electron chi connectivity index (χ1n) is 9.94. The standard InChI is InChI=1S/C24H20N4O2S2/c1-14-7-6-10-20(15(14)2)28-23(30)18-8-4-5-9-19(18)26-24(28)32-16(3)21(29)27-22-17(13-25)11-12-31-22/h4-12,16H,1-3H3,(H,27,29). The van der Waals surface area contributed by atoms with Crippen molar-refractivity contribution in [3.05, 3.63) is 81.0 Å². The Morgan fingerprint density at radius 3 is 2.75 bits per heavy atom. The van der Waals surface area contributed by atoms with Crippen LogP contribution in [0.4, 0.5) is 5.00 Å². The quantitative estimate of drug-likeness (QED) is 0.332. The van der Waals surface area contributed by atoms with Gasteiger partial charge in [-0.3, -0.25) is 14.2 Å². The van der Waals surface area contributed by atoms with E-state index in [0.717, 1.165) is 16.8 Å². The molecule has 0 saturated heterocycles. The van der Waals surface area contributed by atoms with Crippen LogP contribution in [0.15, 0.2) is 63.9 Å². The third-order valence-corrected chi connectivity index (χ3v) is 7.12. The number of nitrogens with zero attached hydrogens (tertiary/aromatic N) is 3. The van der Waals surface area contributed by atoms with E-state index in [0.29, 0.717) is 26.6 Å². The average Bonchev–Trinajstić information content (AvgIpc) is 3.23. The molecule has 1 unspecified atom stereocenters. The monoisotopic (exact) mass is 460 g/mol. The molecule has 1 amide bonds. The van der Waals surface area contributed by atoms with E-state index in [1.54, 1.807) is 35.1 Å². The van der Waals surface area contributed by atoms with Gasteiger partial charge in [0.1, 0.15) is 11.1 Å². The molecule has 32 heavy (non-hydrogen) atoms. The first-order valence-corrected chi connectivity index (χ1v) is 11.7. The summed E-state index contributed by atoms with van der Waals surface area (Å²) in [6, 6.07) is 16.7. The number of hydrogen-bond acceptors (Lipinski definition) is 6. The number of aryl methyl sites for hydroxylation is 1. The molecule has 2 aromatic heterocycles. The molecule has 0 fully saturated rings. The van der Waals surface area contributed by atoms with Gasteiger partial charge in [0.25, 0.3) is 5.56 Å². The normalized spacial score (nSPS) is 11.8. The van der Waals surface area contributed by atoms with Crippen LogP contribution >= 0.6 is 23.1 Å². The molecule has 0 spiro atoms.